The van der Waals surface area contributed by atoms with Crippen molar-refractivity contribution in [3.8, 4) is 45.0 Å². The quantitative estimate of drug-likeness (QED) is 0.279. The minimum absolute atomic E-state index is 0.727. The highest BCUT2D eigenvalue weighted by molar-refractivity contribution is 5.87. The molecule has 2 heteroatoms. The lowest BCUT2D eigenvalue weighted by Crippen LogP contribution is -1.95. The van der Waals surface area contributed by atoms with E-state index in [1.807, 2.05) is 36.4 Å². The van der Waals surface area contributed by atoms with Crippen LogP contribution in [0.5, 0.6) is 0 Å². The monoisotopic (exact) mass is 434 g/mol. The van der Waals surface area contributed by atoms with Gasteiger partial charge in [0.05, 0.1) is 11.4 Å². The van der Waals surface area contributed by atoms with Crippen LogP contribution < -0.4 is 0 Å². The number of hydrogen-bond donors (Lipinski definition) is 0. The van der Waals surface area contributed by atoms with Gasteiger partial charge in [-0.05, 0) is 34.0 Å². The van der Waals surface area contributed by atoms with Crippen LogP contribution in [0.3, 0.4) is 0 Å². The molecule has 0 N–H and O–H groups in total. The molecule has 0 saturated carbocycles. The summed E-state index contributed by atoms with van der Waals surface area (Å²) in [5, 5.41) is 2.50. The van der Waals surface area contributed by atoms with Gasteiger partial charge in [-0.2, -0.15) is 0 Å². The third kappa shape index (κ3) is 3.98. The summed E-state index contributed by atoms with van der Waals surface area (Å²) in [4.78, 5) is 9.86. The van der Waals surface area contributed by atoms with Crippen LogP contribution in [-0.4, -0.2) is 9.97 Å². The lowest BCUT2D eigenvalue weighted by molar-refractivity contribution is 1.18. The van der Waals surface area contributed by atoms with Crippen LogP contribution in [0.4, 0.5) is 0 Å². The highest BCUT2D eigenvalue weighted by Crippen LogP contribution is 2.30. The molecule has 0 aliphatic rings. The van der Waals surface area contributed by atoms with Gasteiger partial charge in [0.25, 0.3) is 0 Å². The van der Waals surface area contributed by atoms with Gasteiger partial charge in [0.1, 0.15) is 0 Å². The normalized spacial score (nSPS) is 10.9. The first-order chi connectivity index (χ1) is 16.8. The van der Waals surface area contributed by atoms with Crippen LogP contribution in [0.1, 0.15) is 0 Å². The van der Waals surface area contributed by atoms with Gasteiger partial charge < -0.3 is 0 Å². The SMILES string of the molecule is c1ccc(-c2cc(-c3ccccc3)nc(-c3ccc(-c4ccc5ccccc5c4)cc3)n2)cc1. The fraction of sp³-hybridized carbons (Fsp3) is 0. The smallest absolute Gasteiger partial charge is 0.160 e. The number of aromatic nitrogens is 2. The van der Waals surface area contributed by atoms with E-state index in [9.17, 15) is 0 Å². The Morgan fingerprint density at radius 2 is 0.824 bits per heavy atom. The molecule has 1 heterocycles. The van der Waals surface area contributed by atoms with Gasteiger partial charge in [0.2, 0.25) is 0 Å². The second kappa shape index (κ2) is 8.76. The van der Waals surface area contributed by atoms with Crippen molar-refractivity contribution in [1.82, 2.24) is 9.97 Å². The Balaban J connectivity index is 1.42. The van der Waals surface area contributed by atoms with Crippen LogP contribution in [0.25, 0.3) is 55.8 Å². The lowest BCUT2D eigenvalue weighted by atomic mass is 10.00. The summed E-state index contributed by atoms with van der Waals surface area (Å²) in [6, 6.07) is 46.2. The van der Waals surface area contributed by atoms with Crippen molar-refractivity contribution >= 4 is 10.8 Å². The molecule has 5 aromatic carbocycles. The van der Waals surface area contributed by atoms with E-state index in [2.05, 4.69) is 97.1 Å². The molecular weight excluding hydrogens is 412 g/mol. The zero-order valence-electron chi connectivity index (χ0n) is 18.6. The molecule has 34 heavy (non-hydrogen) atoms. The van der Waals surface area contributed by atoms with Crippen LogP contribution >= 0.6 is 0 Å². The molecule has 1 aromatic heterocycles. The van der Waals surface area contributed by atoms with Crippen LogP contribution in [0.15, 0.2) is 133 Å². The minimum Gasteiger partial charge on any atom is -0.228 e. The molecule has 160 valence electrons. The Morgan fingerprint density at radius 1 is 0.324 bits per heavy atom. The highest BCUT2D eigenvalue weighted by atomic mass is 14.9. The maximum Gasteiger partial charge on any atom is 0.160 e. The fourth-order valence-electron chi connectivity index (χ4n) is 4.27. The number of rotatable bonds is 4. The van der Waals surface area contributed by atoms with Gasteiger partial charge in [-0.3, -0.25) is 0 Å². The summed E-state index contributed by atoms with van der Waals surface area (Å²) in [5.74, 6) is 0.727. The van der Waals surface area contributed by atoms with E-state index in [1.54, 1.807) is 0 Å². The fourth-order valence-corrected chi connectivity index (χ4v) is 4.27. The molecule has 0 unspecified atom stereocenters. The van der Waals surface area contributed by atoms with Crippen molar-refractivity contribution in [2.24, 2.45) is 0 Å². The maximum atomic E-state index is 4.93. The Labute approximate surface area is 199 Å². The van der Waals surface area contributed by atoms with E-state index in [4.69, 9.17) is 9.97 Å². The second-order valence-corrected chi connectivity index (χ2v) is 8.33. The molecule has 0 amide bonds. The van der Waals surface area contributed by atoms with E-state index >= 15 is 0 Å². The summed E-state index contributed by atoms with van der Waals surface area (Å²) in [6.07, 6.45) is 0. The molecular formula is C32H22N2. The van der Waals surface area contributed by atoms with Crippen LogP contribution in [-0.2, 0) is 0 Å². The van der Waals surface area contributed by atoms with Crippen molar-refractivity contribution in [3.05, 3.63) is 133 Å². The van der Waals surface area contributed by atoms with Crippen molar-refractivity contribution in [2.75, 3.05) is 0 Å². The molecule has 0 bridgehead atoms. The van der Waals surface area contributed by atoms with E-state index in [0.29, 0.717) is 0 Å². The van der Waals surface area contributed by atoms with Gasteiger partial charge in [0.15, 0.2) is 5.82 Å². The van der Waals surface area contributed by atoms with E-state index in [-0.39, 0.29) is 0 Å². The molecule has 0 saturated heterocycles. The van der Waals surface area contributed by atoms with Crippen molar-refractivity contribution in [3.63, 3.8) is 0 Å². The lowest BCUT2D eigenvalue weighted by Gasteiger charge is -2.10. The average molecular weight is 435 g/mol. The topological polar surface area (TPSA) is 25.8 Å². The first-order valence-electron chi connectivity index (χ1n) is 11.4. The molecule has 0 aliphatic carbocycles. The van der Waals surface area contributed by atoms with Crippen molar-refractivity contribution in [2.45, 2.75) is 0 Å². The van der Waals surface area contributed by atoms with E-state index in [1.165, 1.54) is 21.9 Å². The Hall–Kier alpha value is -4.56. The molecule has 0 spiro atoms. The molecule has 0 radical (unpaired) electrons. The molecule has 2 nitrogen and oxygen atoms in total. The third-order valence-electron chi connectivity index (χ3n) is 6.09. The Kier molecular flexibility index (Phi) is 5.17. The zero-order valence-corrected chi connectivity index (χ0v) is 18.6. The molecule has 6 aromatic rings. The second-order valence-electron chi connectivity index (χ2n) is 8.33. The minimum atomic E-state index is 0.727. The molecule has 6 rings (SSSR count). The first-order valence-corrected chi connectivity index (χ1v) is 11.4. The number of benzene rings is 5. The Morgan fingerprint density at radius 3 is 1.44 bits per heavy atom. The number of fused-ring (bicyclic) bond motifs is 1. The third-order valence-corrected chi connectivity index (χ3v) is 6.09. The average Bonchev–Trinajstić information content (AvgIpc) is 2.93. The highest BCUT2D eigenvalue weighted by Gasteiger charge is 2.11. The number of hydrogen-bond acceptors (Lipinski definition) is 2. The van der Waals surface area contributed by atoms with Crippen molar-refractivity contribution < 1.29 is 0 Å². The predicted molar refractivity (Wildman–Crippen MR) is 141 cm³/mol. The van der Waals surface area contributed by atoms with Gasteiger partial charge in [-0.25, -0.2) is 9.97 Å². The van der Waals surface area contributed by atoms with Gasteiger partial charge in [-0.1, -0.05) is 121 Å². The maximum absolute atomic E-state index is 4.93. The van der Waals surface area contributed by atoms with Gasteiger partial charge in [-0.15, -0.1) is 0 Å². The van der Waals surface area contributed by atoms with E-state index in [0.717, 1.165) is 33.9 Å². The van der Waals surface area contributed by atoms with Gasteiger partial charge in [0, 0.05) is 16.7 Å². The van der Waals surface area contributed by atoms with Crippen molar-refractivity contribution in [1.29, 1.82) is 0 Å². The summed E-state index contributed by atoms with van der Waals surface area (Å²) < 4.78 is 0. The van der Waals surface area contributed by atoms with Gasteiger partial charge >= 0.3 is 0 Å². The molecule has 0 atom stereocenters. The summed E-state index contributed by atoms with van der Waals surface area (Å²) >= 11 is 0. The molecule has 0 aliphatic heterocycles. The largest absolute Gasteiger partial charge is 0.228 e. The van der Waals surface area contributed by atoms with Crippen LogP contribution in [0, 0.1) is 0 Å². The first kappa shape index (κ1) is 20.1. The van der Waals surface area contributed by atoms with Crippen LogP contribution in [0.2, 0.25) is 0 Å². The summed E-state index contributed by atoms with van der Waals surface area (Å²) in [7, 11) is 0. The summed E-state index contributed by atoms with van der Waals surface area (Å²) in [5.41, 5.74) is 7.38. The summed E-state index contributed by atoms with van der Waals surface area (Å²) in [6.45, 7) is 0. The molecule has 0 fully saturated rings. The van der Waals surface area contributed by atoms with E-state index < -0.39 is 0 Å². The standard InChI is InChI=1S/C32H22N2/c1-3-10-25(11-4-1)30-22-31(26-12-5-2-6-13-26)34-32(33-30)27-18-15-24(16-19-27)29-20-17-23-9-7-8-14-28(23)21-29/h1-22H. The zero-order chi connectivity index (χ0) is 22.7. The Bertz CT molecular complexity index is 1510. The number of nitrogens with zero attached hydrogens (tertiary/aromatic N) is 2. The predicted octanol–water partition coefficient (Wildman–Crippen LogP) is 8.30.